The van der Waals surface area contributed by atoms with Crippen molar-refractivity contribution >= 4 is 33.6 Å². The van der Waals surface area contributed by atoms with E-state index in [1.54, 1.807) is 11.3 Å². The van der Waals surface area contributed by atoms with Crippen molar-refractivity contribution in [3.8, 4) is 6.07 Å². The Morgan fingerprint density at radius 3 is 3.07 bits per heavy atom. The average Bonchev–Trinajstić information content (AvgIpc) is 2.77. The van der Waals surface area contributed by atoms with Crippen molar-refractivity contribution in [2.45, 2.75) is 6.92 Å². The van der Waals surface area contributed by atoms with Gasteiger partial charge in [0, 0.05) is 11.1 Å². The van der Waals surface area contributed by atoms with Crippen molar-refractivity contribution in [3.05, 3.63) is 28.1 Å². The molecule has 5 heteroatoms. The van der Waals surface area contributed by atoms with Crippen LogP contribution in [-0.2, 0) is 0 Å². The molecule has 1 N–H and O–H groups in total. The van der Waals surface area contributed by atoms with Gasteiger partial charge >= 0.3 is 0 Å². The quantitative estimate of drug-likeness (QED) is 0.847. The van der Waals surface area contributed by atoms with E-state index in [1.165, 1.54) is 11.5 Å². The highest BCUT2D eigenvalue weighted by Gasteiger charge is 2.09. The van der Waals surface area contributed by atoms with Gasteiger partial charge < -0.3 is 5.32 Å². The molecule has 0 aliphatic heterocycles. The first-order valence-electron chi connectivity index (χ1n) is 3.97. The van der Waals surface area contributed by atoms with Crippen molar-refractivity contribution in [1.82, 2.24) is 4.37 Å². The maximum Gasteiger partial charge on any atom is 0.132 e. The van der Waals surface area contributed by atoms with Crippen molar-refractivity contribution in [3.63, 3.8) is 0 Å². The number of nitrogens with one attached hydrogen (secondary N) is 1. The van der Waals surface area contributed by atoms with E-state index in [4.69, 9.17) is 5.26 Å². The molecule has 2 aromatic heterocycles. The third kappa shape index (κ3) is 1.62. The first kappa shape index (κ1) is 9.19. The van der Waals surface area contributed by atoms with E-state index in [0.29, 0.717) is 5.56 Å². The highest BCUT2D eigenvalue weighted by Crippen LogP contribution is 2.27. The van der Waals surface area contributed by atoms with E-state index in [9.17, 15) is 0 Å². The van der Waals surface area contributed by atoms with Gasteiger partial charge in [-0.1, -0.05) is 0 Å². The highest BCUT2D eigenvalue weighted by molar-refractivity contribution is 7.10. The molecule has 0 unspecified atom stereocenters. The predicted octanol–water partition coefficient (Wildman–Crippen LogP) is 3.13. The fraction of sp³-hybridized carbons (Fsp3) is 0.111. The molecule has 2 aromatic rings. The van der Waals surface area contributed by atoms with Gasteiger partial charge in [0.1, 0.15) is 16.6 Å². The zero-order valence-corrected chi connectivity index (χ0v) is 9.08. The van der Waals surface area contributed by atoms with Crippen LogP contribution in [0.2, 0.25) is 0 Å². The summed E-state index contributed by atoms with van der Waals surface area (Å²) in [5.74, 6) is 0. The lowest BCUT2D eigenvalue weighted by molar-refractivity contribution is 1.31. The molecule has 70 valence electrons. The molecule has 0 atom stereocenters. The monoisotopic (exact) mass is 221 g/mol. The highest BCUT2D eigenvalue weighted by atomic mass is 32.1. The van der Waals surface area contributed by atoms with Crippen LogP contribution in [0.5, 0.6) is 0 Å². The van der Waals surface area contributed by atoms with Crippen LogP contribution in [0, 0.1) is 18.3 Å². The van der Waals surface area contributed by atoms with Gasteiger partial charge in [0.2, 0.25) is 0 Å². The molecule has 0 aliphatic rings. The normalized spacial score (nSPS) is 9.71. The summed E-state index contributed by atoms with van der Waals surface area (Å²) >= 11 is 2.94. The van der Waals surface area contributed by atoms with Crippen LogP contribution in [0.15, 0.2) is 16.8 Å². The Balaban J connectivity index is 2.30. The Kier molecular flexibility index (Phi) is 2.48. The molecule has 0 aliphatic carbocycles. The number of aromatic nitrogens is 1. The number of nitrogens with zero attached hydrogens (tertiary/aromatic N) is 2. The lowest BCUT2D eigenvalue weighted by atomic mass is 10.3. The fourth-order valence-corrected chi connectivity index (χ4v) is 2.41. The molecule has 0 spiro atoms. The molecule has 0 saturated carbocycles. The minimum atomic E-state index is 0.640. The third-order valence-electron chi connectivity index (χ3n) is 1.75. The van der Waals surface area contributed by atoms with E-state index in [1.807, 2.05) is 23.8 Å². The molecule has 0 radical (unpaired) electrons. The zero-order chi connectivity index (χ0) is 9.97. The van der Waals surface area contributed by atoms with E-state index in [2.05, 4.69) is 15.8 Å². The van der Waals surface area contributed by atoms with E-state index in [-0.39, 0.29) is 0 Å². The molecule has 2 rings (SSSR count). The second kappa shape index (κ2) is 3.78. The van der Waals surface area contributed by atoms with Gasteiger partial charge in [-0.2, -0.15) is 21.0 Å². The lowest BCUT2D eigenvalue weighted by Gasteiger charge is -1.98. The number of hydrogen-bond donors (Lipinski definition) is 1. The van der Waals surface area contributed by atoms with Gasteiger partial charge in [0.25, 0.3) is 0 Å². The summed E-state index contributed by atoms with van der Waals surface area (Å²) in [4.78, 5) is 0. The van der Waals surface area contributed by atoms with E-state index >= 15 is 0 Å². The number of anilines is 2. The molecule has 0 bridgehead atoms. The molecule has 14 heavy (non-hydrogen) atoms. The minimum absolute atomic E-state index is 0.640. The lowest BCUT2D eigenvalue weighted by Crippen LogP contribution is -1.87. The first-order chi connectivity index (χ1) is 6.81. The van der Waals surface area contributed by atoms with Gasteiger partial charge in [-0.25, -0.2) is 0 Å². The summed E-state index contributed by atoms with van der Waals surface area (Å²) in [5, 5.41) is 16.9. The topological polar surface area (TPSA) is 48.7 Å². The van der Waals surface area contributed by atoms with E-state index in [0.717, 1.165) is 16.4 Å². The molecular formula is C9H7N3S2. The summed E-state index contributed by atoms with van der Waals surface area (Å²) in [6.45, 7) is 1.84. The van der Waals surface area contributed by atoms with Crippen LogP contribution >= 0.6 is 22.9 Å². The number of hydrogen-bond acceptors (Lipinski definition) is 5. The predicted molar refractivity (Wildman–Crippen MR) is 59.2 cm³/mol. The molecule has 0 aromatic carbocycles. The van der Waals surface area contributed by atoms with Gasteiger partial charge in [0.15, 0.2) is 0 Å². The van der Waals surface area contributed by atoms with Crippen molar-refractivity contribution in [2.75, 3.05) is 5.32 Å². The van der Waals surface area contributed by atoms with Gasteiger partial charge in [-0.3, -0.25) is 0 Å². The number of aryl methyl sites for hydroxylation is 1. The standard InChI is InChI=1S/C9H7N3S2/c1-6-8(4-10)9(14-12-6)11-7-2-3-13-5-7/h2-3,5,11H,1H3. The Labute approximate surface area is 89.8 Å². The third-order valence-corrected chi connectivity index (χ3v) is 3.29. The Morgan fingerprint density at radius 2 is 2.43 bits per heavy atom. The number of nitriles is 1. The Morgan fingerprint density at radius 1 is 1.57 bits per heavy atom. The van der Waals surface area contributed by atoms with Crippen LogP contribution < -0.4 is 5.32 Å². The van der Waals surface area contributed by atoms with Crippen molar-refractivity contribution in [1.29, 1.82) is 5.26 Å². The van der Waals surface area contributed by atoms with Crippen molar-refractivity contribution in [2.24, 2.45) is 0 Å². The first-order valence-corrected chi connectivity index (χ1v) is 5.68. The smallest absolute Gasteiger partial charge is 0.132 e. The molecule has 0 amide bonds. The number of thiophene rings is 1. The summed E-state index contributed by atoms with van der Waals surface area (Å²) < 4.78 is 4.13. The minimum Gasteiger partial charge on any atom is -0.344 e. The Bertz CT molecular complexity index is 465. The van der Waals surface area contributed by atoms with Crippen molar-refractivity contribution < 1.29 is 0 Å². The molecule has 3 nitrogen and oxygen atoms in total. The summed E-state index contributed by atoms with van der Waals surface area (Å²) in [5.41, 5.74) is 2.44. The SMILES string of the molecule is Cc1nsc(Nc2ccsc2)c1C#N. The molecule has 0 saturated heterocycles. The van der Waals surface area contributed by atoms with Gasteiger partial charge in [-0.15, -0.1) is 0 Å². The maximum atomic E-state index is 8.90. The summed E-state index contributed by atoms with van der Waals surface area (Å²) in [6.07, 6.45) is 0. The second-order valence-corrected chi connectivity index (χ2v) is 4.27. The zero-order valence-electron chi connectivity index (χ0n) is 7.44. The van der Waals surface area contributed by atoms with E-state index < -0.39 is 0 Å². The van der Waals surface area contributed by atoms with Crippen LogP contribution in [0.1, 0.15) is 11.3 Å². The molecule has 0 fully saturated rings. The number of rotatable bonds is 2. The summed E-state index contributed by atoms with van der Waals surface area (Å²) in [6, 6.07) is 4.12. The van der Waals surface area contributed by atoms with Crippen LogP contribution in [0.4, 0.5) is 10.7 Å². The maximum absolute atomic E-state index is 8.90. The fourth-order valence-electron chi connectivity index (χ4n) is 1.05. The second-order valence-electron chi connectivity index (χ2n) is 2.72. The molecular weight excluding hydrogens is 214 g/mol. The van der Waals surface area contributed by atoms with Crippen LogP contribution in [0.25, 0.3) is 0 Å². The molecule has 2 heterocycles. The van der Waals surface area contributed by atoms with Crippen LogP contribution in [0.3, 0.4) is 0 Å². The van der Waals surface area contributed by atoms with Crippen LogP contribution in [-0.4, -0.2) is 4.37 Å². The largest absolute Gasteiger partial charge is 0.344 e. The van der Waals surface area contributed by atoms with Gasteiger partial charge in [0.05, 0.1) is 5.69 Å². The Hall–Kier alpha value is -1.38. The average molecular weight is 221 g/mol. The van der Waals surface area contributed by atoms with Gasteiger partial charge in [-0.05, 0) is 29.9 Å². The summed E-state index contributed by atoms with van der Waals surface area (Å²) in [7, 11) is 0.